The van der Waals surface area contributed by atoms with Gasteiger partial charge in [-0.15, -0.1) is 0 Å². The molecule has 0 N–H and O–H groups in total. The minimum atomic E-state index is 0.248. The number of carbonyl (C=O) groups excluding carboxylic acids is 1. The highest BCUT2D eigenvalue weighted by atomic mass is 16.5. The van der Waals surface area contributed by atoms with Crippen LogP contribution in [0.2, 0.25) is 0 Å². The lowest BCUT2D eigenvalue weighted by molar-refractivity contribution is -0.127. The van der Waals surface area contributed by atoms with Gasteiger partial charge >= 0.3 is 0 Å². The number of ketones is 1. The number of ether oxygens (including phenoxy) is 1. The maximum atomic E-state index is 12.3. The first-order chi connectivity index (χ1) is 9.36. The van der Waals surface area contributed by atoms with Crippen molar-refractivity contribution in [3.8, 4) is 0 Å². The summed E-state index contributed by atoms with van der Waals surface area (Å²) in [4.78, 5) is 14.7. The predicted octanol–water partition coefficient (Wildman–Crippen LogP) is 3.13. The van der Waals surface area contributed by atoms with Crippen molar-refractivity contribution in [1.82, 2.24) is 4.90 Å². The molecule has 1 saturated carbocycles. The van der Waals surface area contributed by atoms with Crippen LogP contribution < -0.4 is 0 Å². The van der Waals surface area contributed by atoms with Gasteiger partial charge in [0.2, 0.25) is 0 Å². The Hall–Kier alpha value is -0.410. The molecule has 3 nitrogen and oxygen atoms in total. The minimum Gasteiger partial charge on any atom is -0.377 e. The molecule has 1 aliphatic heterocycles. The normalized spacial score (nSPS) is 34.0. The van der Waals surface area contributed by atoms with E-state index in [2.05, 4.69) is 32.6 Å². The largest absolute Gasteiger partial charge is 0.377 e. The van der Waals surface area contributed by atoms with Crippen molar-refractivity contribution in [3.63, 3.8) is 0 Å². The average molecular weight is 281 g/mol. The second-order valence-corrected chi connectivity index (χ2v) is 7.80. The predicted molar refractivity (Wildman–Crippen MR) is 81.8 cm³/mol. The van der Waals surface area contributed by atoms with Crippen molar-refractivity contribution in [2.24, 2.45) is 17.3 Å². The molecule has 2 rings (SSSR count). The van der Waals surface area contributed by atoms with Gasteiger partial charge in [0.1, 0.15) is 5.78 Å². The summed E-state index contributed by atoms with van der Waals surface area (Å²) in [6, 6.07) is 0. The highest BCUT2D eigenvalue weighted by molar-refractivity contribution is 5.82. The molecule has 1 aliphatic carbocycles. The van der Waals surface area contributed by atoms with Gasteiger partial charge in [0.25, 0.3) is 0 Å². The summed E-state index contributed by atoms with van der Waals surface area (Å²) in [5, 5.41) is 0. The first-order valence-electron chi connectivity index (χ1n) is 8.23. The van der Waals surface area contributed by atoms with Crippen LogP contribution in [-0.2, 0) is 9.53 Å². The molecular weight excluding hydrogens is 250 g/mol. The summed E-state index contributed by atoms with van der Waals surface area (Å²) in [7, 11) is 0. The van der Waals surface area contributed by atoms with Gasteiger partial charge in [-0.1, -0.05) is 20.8 Å². The van der Waals surface area contributed by atoms with Crippen LogP contribution in [0.15, 0.2) is 0 Å². The molecule has 3 heteroatoms. The molecule has 3 atom stereocenters. The Morgan fingerprint density at radius 3 is 2.80 bits per heavy atom. The monoisotopic (exact) mass is 281 g/mol. The van der Waals surface area contributed by atoms with Gasteiger partial charge in [0.05, 0.1) is 6.10 Å². The van der Waals surface area contributed by atoms with E-state index < -0.39 is 0 Å². The Bertz CT molecular complexity index is 334. The molecule has 0 radical (unpaired) electrons. The van der Waals surface area contributed by atoms with Crippen molar-refractivity contribution in [1.29, 1.82) is 0 Å². The van der Waals surface area contributed by atoms with E-state index in [4.69, 9.17) is 4.74 Å². The van der Waals surface area contributed by atoms with Gasteiger partial charge in [0.15, 0.2) is 0 Å². The Kier molecular flexibility index (Phi) is 5.25. The third-order valence-corrected chi connectivity index (χ3v) is 5.00. The summed E-state index contributed by atoms with van der Waals surface area (Å²) in [6.45, 7) is 12.9. The van der Waals surface area contributed by atoms with Crippen LogP contribution in [0.3, 0.4) is 0 Å². The quantitative estimate of drug-likeness (QED) is 0.779. The molecule has 20 heavy (non-hydrogen) atoms. The number of Topliss-reactive ketones (excluding diaryl/α,β-unsaturated/α-hetero) is 1. The Labute approximate surface area is 124 Å². The topological polar surface area (TPSA) is 29.5 Å². The first-order valence-corrected chi connectivity index (χ1v) is 8.23. The minimum absolute atomic E-state index is 0.248. The fourth-order valence-corrected chi connectivity index (χ4v) is 3.63. The summed E-state index contributed by atoms with van der Waals surface area (Å²) in [5.41, 5.74) is 0.328. The summed E-state index contributed by atoms with van der Waals surface area (Å²) in [6.07, 6.45) is 4.34. The molecule has 116 valence electrons. The second-order valence-electron chi connectivity index (χ2n) is 7.80. The van der Waals surface area contributed by atoms with Gasteiger partial charge in [-0.2, -0.15) is 0 Å². The van der Waals surface area contributed by atoms with Gasteiger partial charge in [-0.3, -0.25) is 9.69 Å². The maximum absolute atomic E-state index is 12.3. The van der Waals surface area contributed by atoms with Crippen LogP contribution in [0.25, 0.3) is 0 Å². The summed E-state index contributed by atoms with van der Waals surface area (Å²) >= 11 is 0. The maximum Gasteiger partial charge on any atom is 0.137 e. The molecule has 0 aromatic carbocycles. The number of carbonyl (C=O) groups is 1. The highest BCUT2D eigenvalue weighted by Crippen LogP contribution is 2.39. The van der Waals surface area contributed by atoms with Crippen molar-refractivity contribution in [2.45, 2.75) is 59.5 Å². The fraction of sp³-hybridized carbons (Fsp3) is 0.941. The number of hydrogen-bond acceptors (Lipinski definition) is 3. The lowest BCUT2D eigenvalue weighted by atomic mass is 9.68. The van der Waals surface area contributed by atoms with E-state index >= 15 is 0 Å². The lowest BCUT2D eigenvalue weighted by Gasteiger charge is -2.38. The summed E-state index contributed by atoms with van der Waals surface area (Å²) in [5.74, 6) is 1.42. The lowest BCUT2D eigenvalue weighted by Crippen LogP contribution is -2.41. The van der Waals surface area contributed by atoms with Crippen LogP contribution >= 0.6 is 0 Å². The Morgan fingerprint density at radius 2 is 2.10 bits per heavy atom. The number of rotatable bonds is 2. The third-order valence-electron chi connectivity index (χ3n) is 5.00. The van der Waals surface area contributed by atoms with Crippen molar-refractivity contribution in [3.05, 3.63) is 0 Å². The van der Waals surface area contributed by atoms with Gasteiger partial charge in [-0.05, 0) is 37.5 Å². The molecule has 0 spiro atoms. The molecule has 2 fully saturated rings. The summed E-state index contributed by atoms with van der Waals surface area (Å²) < 4.78 is 5.70. The Morgan fingerprint density at radius 1 is 1.35 bits per heavy atom. The standard InChI is InChI=1S/C17H31NO2/c1-13-11-18(8-5-9-20-13)12-14-10-15(17(2,3)4)6-7-16(14)19/h13-15H,5-12H2,1-4H3. The molecule has 2 aliphatic rings. The number of nitrogens with zero attached hydrogens (tertiary/aromatic N) is 1. The molecule has 3 unspecified atom stereocenters. The molecule has 0 aromatic heterocycles. The Balaban J connectivity index is 1.94. The van der Waals surface area contributed by atoms with E-state index in [0.717, 1.165) is 51.9 Å². The average Bonchev–Trinajstić information content (AvgIpc) is 2.55. The van der Waals surface area contributed by atoms with E-state index in [1.807, 2.05) is 0 Å². The SMILES string of the molecule is CC1CN(CC2CC(C(C)(C)C)CCC2=O)CCCO1. The van der Waals surface area contributed by atoms with Crippen molar-refractivity contribution >= 4 is 5.78 Å². The fourth-order valence-electron chi connectivity index (χ4n) is 3.63. The molecule has 1 saturated heterocycles. The zero-order valence-corrected chi connectivity index (χ0v) is 13.7. The molecular formula is C17H31NO2. The van der Waals surface area contributed by atoms with Crippen LogP contribution in [0.1, 0.15) is 53.4 Å². The van der Waals surface area contributed by atoms with E-state index in [-0.39, 0.29) is 5.92 Å². The zero-order chi connectivity index (χ0) is 14.8. The molecule has 0 aromatic rings. The molecule has 1 heterocycles. The molecule has 0 amide bonds. The van der Waals surface area contributed by atoms with Crippen LogP contribution in [-0.4, -0.2) is 43.0 Å². The van der Waals surface area contributed by atoms with Crippen LogP contribution in [0.5, 0.6) is 0 Å². The van der Waals surface area contributed by atoms with Crippen molar-refractivity contribution < 1.29 is 9.53 Å². The van der Waals surface area contributed by atoms with E-state index in [9.17, 15) is 4.79 Å². The van der Waals surface area contributed by atoms with Gasteiger partial charge < -0.3 is 4.74 Å². The first kappa shape index (κ1) is 16.0. The van der Waals surface area contributed by atoms with Gasteiger partial charge in [0, 0.05) is 38.6 Å². The number of hydrogen-bond donors (Lipinski definition) is 0. The second kappa shape index (κ2) is 6.57. The van der Waals surface area contributed by atoms with E-state index in [0.29, 0.717) is 23.2 Å². The zero-order valence-electron chi connectivity index (χ0n) is 13.7. The van der Waals surface area contributed by atoms with E-state index in [1.54, 1.807) is 0 Å². The van der Waals surface area contributed by atoms with Crippen molar-refractivity contribution in [2.75, 3.05) is 26.2 Å². The van der Waals surface area contributed by atoms with Crippen LogP contribution in [0.4, 0.5) is 0 Å². The molecule has 0 bridgehead atoms. The highest BCUT2D eigenvalue weighted by Gasteiger charge is 2.35. The third kappa shape index (κ3) is 4.29. The van der Waals surface area contributed by atoms with Gasteiger partial charge in [-0.25, -0.2) is 0 Å². The smallest absolute Gasteiger partial charge is 0.137 e. The van der Waals surface area contributed by atoms with Crippen LogP contribution in [0, 0.1) is 17.3 Å². The van der Waals surface area contributed by atoms with E-state index in [1.165, 1.54) is 0 Å².